The minimum Gasteiger partial charge on any atom is -0.508 e. The fourth-order valence-corrected chi connectivity index (χ4v) is 4.55. The van der Waals surface area contributed by atoms with Gasteiger partial charge in [-0.05, 0) is 55.3 Å². The number of aromatic hydroxyl groups is 1. The molecule has 2 aromatic carbocycles. The van der Waals surface area contributed by atoms with Crippen LogP contribution < -0.4 is 10.5 Å². The van der Waals surface area contributed by atoms with Crippen LogP contribution in [-0.2, 0) is 6.54 Å². The number of hydrogen-bond acceptors (Lipinski definition) is 6. The average Bonchev–Trinajstić information content (AvgIpc) is 3.42. The summed E-state index contributed by atoms with van der Waals surface area (Å²) in [5.74, 6) is 0.781. The number of rotatable bonds is 6. The van der Waals surface area contributed by atoms with Gasteiger partial charge in [0.1, 0.15) is 22.5 Å². The highest BCUT2D eigenvalue weighted by Crippen LogP contribution is 2.31. The summed E-state index contributed by atoms with van der Waals surface area (Å²) in [4.78, 5) is 18.0. The minimum absolute atomic E-state index is 0.127. The maximum absolute atomic E-state index is 13.8. The molecule has 3 N–H and O–H groups in total. The molecule has 182 valence electrons. The first-order valence-corrected chi connectivity index (χ1v) is 11.6. The van der Waals surface area contributed by atoms with Crippen LogP contribution in [0.15, 0.2) is 60.9 Å². The summed E-state index contributed by atoms with van der Waals surface area (Å²) in [5.41, 5.74) is 11.0. The molecule has 5 rings (SSSR count). The van der Waals surface area contributed by atoms with Crippen molar-refractivity contribution in [3.8, 4) is 17.2 Å². The number of methoxy groups -OCH3 is 1. The van der Waals surface area contributed by atoms with Gasteiger partial charge in [0, 0.05) is 23.7 Å². The van der Waals surface area contributed by atoms with Crippen molar-refractivity contribution in [2.75, 3.05) is 12.8 Å². The van der Waals surface area contributed by atoms with Crippen LogP contribution in [-0.4, -0.2) is 37.3 Å². The van der Waals surface area contributed by atoms with Gasteiger partial charge in [-0.25, -0.2) is 9.67 Å². The number of carbonyl (C=O) groups is 1. The number of carbonyl (C=O) groups excluding carboxylic acids is 1. The second-order valence-corrected chi connectivity index (χ2v) is 8.98. The number of pyridine rings is 1. The van der Waals surface area contributed by atoms with Crippen molar-refractivity contribution < 1.29 is 14.6 Å². The van der Waals surface area contributed by atoms with Gasteiger partial charge in [-0.2, -0.15) is 5.10 Å². The van der Waals surface area contributed by atoms with E-state index in [0.29, 0.717) is 28.6 Å². The molecular formula is C27H24ClN5O3. The lowest BCUT2D eigenvalue weighted by molar-refractivity contribution is 0.103. The van der Waals surface area contributed by atoms with Crippen LogP contribution in [0.2, 0.25) is 5.15 Å². The molecule has 0 spiro atoms. The molecule has 8 nitrogen and oxygen atoms in total. The van der Waals surface area contributed by atoms with Gasteiger partial charge in [-0.1, -0.05) is 29.8 Å². The number of aromatic nitrogens is 4. The van der Waals surface area contributed by atoms with Gasteiger partial charge < -0.3 is 20.1 Å². The number of nitrogens with zero attached hydrogens (tertiary/aromatic N) is 4. The fraction of sp³-hybridized carbons (Fsp3) is 0.148. The molecule has 0 aliphatic carbocycles. The summed E-state index contributed by atoms with van der Waals surface area (Å²) < 4.78 is 8.65. The van der Waals surface area contributed by atoms with Crippen LogP contribution in [0.25, 0.3) is 16.6 Å². The highest BCUT2D eigenvalue weighted by atomic mass is 35.5. The average molecular weight is 502 g/mol. The normalized spacial score (nSPS) is 11.2. The predicted molar refractivity (Wildman–Crippen MR) is 139 cm³/mol. The van der Waals surface area contributed by atoms with Gasteiger partial charge in [0.05, 0.1) is 35.8 Å². The van der Waals surface area contributed by atoms with E-state index >= 15 is 0 Å². The molecule has 36 heavy (non-hydrogen) atoms. The Balaban J connectivity index is 1.62. The maximum atomic E-state index is 13.8. The van der Waals surface area contributed by atoms with E-state index in [2.05, 4.69) is 10.1 Å². The largest absolute Gasteiger partial charge is 0.508 e. The van der Waals surface area contributed by atoms with Gasteiger partial charge >= 0.3 is 0 Å². The Kier molecular flexibility index (Phi) is 5.89. The molecule has 0 aliphatic rings. The number of anilines is 1. The number of halogens is 1. The number of fused-ring (bicyclic) bond motifs is 1. The topological polar surface area (TPSA) is 108 Å². The maximum Gasteiger partial charge on any atom is 0.214 e. The Hall–Kier alpha value is -4.30. The van der Waals surface area contributed by atoms with E-state index in [4.69, 9.17) is 22.1 Å². The third kappa shape index (κ3) is 3.95. The van der Waals surface area contributed by atoms with Crippen LogP contribution in [0.4, 0.5) is 5.82 Å². The summed E-state index contributed by atoms with van der Waals surface area (Å²) in [6, 6.07) is 14.6. The van der Waals surface area contributed by atoms with Crippen LogP contribution >= 0.6 is 11.6 Å². The molecule has 0 fully saturated rings. The smallest absolute Gasteiger partial charge is 0.214 e. The molecule has 0 saturated carbocycles. The van der Waals surface area contributed by atoms with Crippen molar-refractivity contribution in [1.29, 1.82) is 0 Å². The predicted octanol–water partition coefficient (Wildman–Crippen LogP) is 5.07. The summed E-state index contributed by atoms with van der Waals surface area (Å²) in [7, 11) is 1.62. The number of ether oxygens (including phenoxy) is 1. The number of phenolic OH excluding ortho intramolecular Hbond substituents is 1. The van der Waals surface area contributed by atoms with Gasteiger partial charge in [-0.15, -0.1) is 0 Å². The van der Waals surface area contributed by atoms with Crippen molar-refractivity contribution in [2.24, 2.45) is 0 Å². The van der Waals surface area contributed by atoms with E-state index in [1.165, 1.54) is 10.9 Å². The molecular weight excluding hydrogens is 478 g/mol. The first-order chi connectivity index (χ1) is 17.3. The van der Waals surface area contributed by atoms with Gasteiger partial charge in [0.15, 0.2) is 0 Å². The van der Waals surface area contributed by atoms with Crippen LogP contribution in [0.5, 0.6) is 11.5 Å². The van der Waals surface area contributed by atoms with E-state index in [1.807, 2.05) is 35.8 Å². The number of aryl methyl sites for hydroxylation is 1. The standard InChI is InChI=1S/C27H24ClN5O3/c1-15-4-9-23(34)16(2)25(15)33-27(29)20(13-31-33)26(35)22-10-18-12-30-24(28)11-21(18)32(22)14-17-5-7-19(36-3)8-6-17/h4-13,34H,14,29H2,1-3H3. The molecule has 0 atom stereocenters. The Labute approximate surface area is 212 Å². The molecule has 3 heterocycles. The second-order valence-electron chi connectivity index (χ2n) is 8.59. The van der Waals surface area contributed by atoms with Gasteiger partial charge in [0.25, 0.3) is 0 Å². The number of ketones is 1. The highest BCUT2D eigenvalue weighted by Gasteiger charge is 2.24. The molecule has 0 aliphatic heterocycles. The Morgan fingerprint density at radius 1 is 1.11 bits per heavy atom. The van der Waals surface area contributed by atoms with Crippen molar-refractivity contribution in [3.63, 3.8) is 0 Å². The Morgan fingerprint density at radius 3 is 2.58 bits per heavy atom. The lowest BCUT2D eigenvalue weighted by atomic mass is 10.1. The van der Waals surface area contributed by atoms with Crippen molar-refractivity contribution in [1.82, 2.24) is 19.3 Å². The Morgan fingerprint density at radius 2 is 1.86 bits per heavy atom. The minimum atomic E-state index is -0.282. The molecule has 0 amide bonds. The van der Waals surface area contributed by atoms with Crippen molar-refractivity contribution in [2.45, 2.75) is 20.4 Å². The quantitative estimate of drug-likeness (QED) is 0.248. The first kappa shape index (κ1) is 23.4. The molecule has 9 heteroatoms. The molecule has 5 aromatic rings. The van der Waals surface area contributed by atoms with Crippen LogP contribution in [0.1, 0.15) is 32.7 Å². The number of benzene rings is 2. The first-order valence-electron chi connectivity index (χ1n) is 11.2. The number of nitrogen functional groups attached to an aromatic ring is 1. The molecule has 0 unspecified atom stereocenters. The van der Waals surface area contributed by atoms with E-state index in [-0.39, 0.29) is 22.9 Å². The van der Waals surface area contributed by atoms with Crippen LogP contribution in [0, 0.1) is 13.8 Å². The molecule has 3 aromatic heterocycles. The number of hydrogen-bond donors (Lipinski definition) is 2. The number of phenols is 1. The monoisotopic (exact) mass is 501 g/mol. The highest BCUT2D eigenvalue weighted by molar-refractivity contribution is 6.30. The lowest BCUT2D eigenvalue weighted by Gasteiger charge is -2.13. The van der Waals surface area contributed by atoms with Crippen molar-refractivity contribution in [3.05, 3.63) is 94.0 Å². The zero-order chi connectivity index (χ0) is 25.6. The second kappa shape index (κ2) is 9.05. The fourth-order valence-electron chi connectivity index (χ4n) is 4.40. The zero-order valence-electron chi connectivity index (χ0n) is 20.0. The third-order valence-electron chi connectivity index (χ3n) is 6.35. The van der Waals surface area contributed by atoms with E-state index < -0.39 is 0 Å². The van der Waals surface area contributed by atoms with Crippen molar-refractivity contribution >= 4 is 34.1 Å². The molecule has 0 bridgehead atoms. The van der Waals surface area contributed by atoms with E-state index in [9.17, 15) is 9.90 Å². The van der Waals surface area contributed by atoms with Crippen LogP contribution in [0.3, 0.4) is 0 Å². The summed E-state index contributed by atoms with van der Waals surface area (Å²) >= 11 is 6.20. The van der Waals surface area contributed by atoms with E-state index in [0.717, 1.165) is 27.8 Å². The Bertz CT molecular complexity index is 1620. The molecule has 0 radical (unpaired) electrons. The summed E-state index contributed by atoms with van der Waals surface area (Å²) in [6.07, 6.45) is 3.10. The molecule has 0 saturated heterocycles. The van der Waals surface area contributed by atoms with Gasteiger partial charge in [0.2, 0.25) is 5.78 Å². The van der Waals surface area contributed by atoms with Gasteiger partial charge in [-0.3, -0.25) is 4.79 Å². The zero-order valence-corrected chi connectivity index (χ0v) is 20.7. The summed E-state index contributed by atoms with van der Waals surface area (Å²) in [6.45, 7) is 4.10. The lowest BCUT2D eigenvalue weighted by Crippen LogP contribution is -2.13. The number of nitrogens with two attached hydrogens (primary N) is 1. The summed E-state index contributed by atoms with van der Waals surface area (Å²) in [5, 5.41) is 15.7. The SMILES string of the molecule is COc1ccc(Cn2c(C(=O)c3cnn(-c4c(C)ccc(O)c4C)c3N)cc3cnc(Cl)cc32)cc1. The van der Waals surface area contributed by atoms with E-state index in [1.54, 1.807) is 44.5 Å². The third-order valence-corrected chi connectivity index (χ3v) is 6.56.